The summed E-state index contributed by atoms with van der Waals surface area (Å²) in [6, 6.07) is 7.29. The SMILES string of the molecule is Cc1nn(C)c(Cl)c1CN1CCc2nc(-c3ccc(Cl)cc3)[nH]c(=O)c2C1. The van der Waals surface area contributed by atoms with Crippen LogP contribution in [0.4, 0.5) is 0 Å². The van der Waals surface area contributed by atoms with E-state index in [1.165, 1.54) is 0 Å². The first kappa shape index (κ1) is 18.2. The van der Waals surface area contributed by atoms with Crippen LogP contribution >= 0.6 is 23.2 Å². The fourth-order valence-corrected chi connectivity index (χ4v) is 3.80. The lowest BCUT2D eigenvalue weighted by Gasteiger charge is -2.27. The van der Waals surface area contributed by atoms with Gasteiger partial charge in [0.2, 0.25) is 0 Å². The molecule has 4 rings (SSSR count). The minimum atomic E-state index is -0.0938. The third kappa shape index (κ3) is 3.52. The zero-order chi connectivity index (χ0) is 19.1. The van der Waals surface area contributed by atoms with Crippen molar-refractivity contribution in [2.24, 2.45) is 7.05 Å². The Bertz CT molecular complexity index is 1060. The van der Waals surface area contributed by atoms with Crippen molar-refractivity contribution in [3.63, 3.8) is 0 Å². The number of aromatic nitrogens is 4. The van der Waals surface area contributed by atoms with Crippen LogP contribution in [-0.2, 0) is 26.6 Å². The van der Waals surface area contributed by atoms with Gasteiger partial charge in [-0.3, -0.25) is 14.4 Å². The van der Waals surface area contributed by atoms with Crippen LogP contribution in [0.25, 0.3) is 11.4 Å². The molecular weight excluding hydrogens is 385 g/mol. The summed E-state index contributed by atoms with van der Waals surface area (Å²) in [6.45, 7) is 3.97. The molecule has 2 aromatic heterocycles. The van der Waals surface area contributed by atoms with Gasteiger partial charge >= 0.3 is 0 Å². The fraction of sp³-hybridized carbons (Fsp3) is 0.316. The van der Waals surface area contributed by atoms with Gasteiger partial charge in [-0.05, 0) is 31.2 Å². The second kappa shape index (κ2) is 7.11. The summed E-state index contributed by atoms with van der Waals surface area (Å²) in [4.78, 5) is 22.5. The van der Waals surface area contributed by atoms with E-state index in [9.17, 15) is 4.79 Å². The first-order valence-corrected chi connectivity index (χ1v) is 9.46. The average molecular weight is 404 g/mol. The van der Waals surface area contributed by atoms with E-state index in [2.05, 4.69) is 20.0 Å². The highest BCUT2D eigenvalue weighted by atomic mass is 35.5. The smallest absolute Gasteiger partial charge is 0.255 e. The lowest BCUT2D eigenvalue weighted by Crippen LogP contribution is -2.35. The van der Waals surface area contributed by atoms with Gasteiger partial charge in [0.25, 0.3) is 5.56 Å². The molecule has 1 aliphatic heterocycles. The van der Waals surface area contributed by atoms with Gasteiger partial charge in [-0.15, -0.1) is 0 Å². The Balaban J connectivity index is 1.60. The molecule has 8 heteroatoms. The van der Waals surface area contributed by atoms with Crippen LogP contribution in [0.2, 0.25) is 10.2 Å². The normalized spacial score (nSPS) is 14.4. The number of hydrogen-bond donors (Lipinski definition) is 1. The highest BCUT2D eigenvalue weighted by Crippen LogP contribution is 2.24. The lowest BCUT2D eigenvalue weighted by molar-refractivity contribution is 0.241. The molecule has 0 spiro atoms. The van der Waals surface area contributed by atoms with Gasteiger partial charge in [-0.2, -0.15) is 5.10 Å². The number of benzene rings is 1. The van der Waals surface area contributed by atoms with Crippen molar-refractivity contribution in [3.05, 3.63) is 67.3 Å². The van der Waals surface area contributed by atoms with Crippen molar-refractivity contribution >= 4 is 23.2 Å². The summed E-state index contributed by atoms with van der Waals surface area (Å²) in [5.74, 6) is 0.579. The van der Waals surface area contributed by atoms with E-state index in [1.807, 2.05) is 26.1 Å². The minimum absolute atomic E-state index is 0.0938. The number of nitrogens with zero attached hydrogens (tertiary/aromatic N) is 4. The Morgan fingerprint density at radius 1 is 1.22 bits per heavy atom. The highest BCUT2D eigenvalue weighted by molar-refractivity contribution is 6.30. The largest absolute Gasteiger partial charge is 0.306 e. The maximum absolute atomic E-state index is 12.7. The van der Waals surface area contributed by atoms with Crippen molar-refractivity contribution in [3.8, 4) is 11.4 Å². The molecule has 0 saturated carbocycles. The number of rotatable bonds is 3. The predicted molar refractivity (Wildman–Crippen MR) is 106 cm³/mol. The zero-order valence-corrected chi connectivity index (χ0v) is 16.6. The Hall–Kier alpha value is -2.15. The molecule has 0 radical (unpaired) electrons. The van der Waals surface area contributed by atoms with Crippen molar-refractivity contribution < 1.29 is 0 Å². The van der Waals surface area contributed by atoms with E-state index in [-0.39, 0.29) is 5.56 Å². The Morgan fingerprint density at radius 2 is 1.96 bits per heavy atom. The number of H-pyrrole nitrogens is 1. The zero-order valence-electron chi connectivity index (χ0n) is 15.1. The van der Waals surface area contributed by atoms with Crippen LogP contribution in [0.15, 0.2) is 29.1 Å². The highest BCUT2D eigenvalue weighted by Gasteiger charge is 2.23. The quantitative estimate of drug-likeness (QED) is 0.727. The van der Waals surface area contributed by atoms with Crippen molar-refractivity contribution in [1.82, 2.24) is 24.6 Å². The molecule has 3 heterocycles. The van der Waals surface area contributed by atoms with Crippen LogP contribution in [0.3, 0.4) is 0 Å². The van der Waals surface area contributed by atoms with Crippen LogP contribution in [0.5, 0.6) is 0 Å². The van der Waals surface area contributed by atoms with Crippen LogP contribution < -0.4 is 5.56 Å². The predicted octanol–water partition coefficient (Wildman–Crippen LogP) is 3.34. The molecule has 0 aliphatic carbocycles. The van der Waals surface area contributed by atoms with Gasteiger partial charge in [-0.25, -0.2) is 4.98 Å². The van der Waals surface area contributed by atoms with Crippen molar-refractivity contribution in [2.45, 2.75) is 26.4 Å². The molecule has 1 N–H and O–H groups in total. The van der Waals surface area contributed by atoms with Crippen LogP contribution in [0, 0.1) is 6.92 Å². The average Bonchev–Trinajstić information content (AvgIpc) is 2.89. The van der Waals surface area contributed by atoms with Crippen LogP contribution in [-0.4, -0.2) is 31.2 Å². The topological polar surface area (TPSA) is 66.8 Å². The third-order valence-electron chi connectivity index (χ3n) is 4.92. The molecule has 0 amide bonds. The number of fused-ring (bicyclic) bond motifs is 1. The molecule has 3 aromatic rings. The fourth-order valence-electron chi connectivity index (χ4n) is 3.44. The Labute approximate surface area is 166 Å². The minimum Gasteiger partial charge on any atom is -0.306 e. The van der Waals surface area contributed by atoms with Gasteiger partial charge in [0.05, 0.1) is 17.0 Å². The Morgan fingerprint density at radius 3 is 2.63 bits per heavy atom. The second-order valence-electron chi connectivity index (χ2n) is 6.79. The molecule has 0 fully saturated rings. The number of halogens is 2. The van der Waals surface area contributed by atoms with Crippen molar-refractivity contribution in [2.75, 3.05) is 6.54 Å². The van der Waals surface area contributed by atoms with Gasteiger partial charge in [0, 0.05) is 49.3 Å². The lowest BCUT2D eigenvalue weighted by atomic mass is 10.1. The molecule has 0 bridgehead atoms. The van der Waals surface area contributed by atoms with E-state index in [0.29, 0.717) is 29.1 Å². The van der Waals surface area contributed by atoms with E-state index in [1.54, 1.807) is 16.8 Å². The molecule has 6 nitrogen and oxygen atoms in total. The van der Waals surface area contributed by atoms with Gasteiger partial charge in [0.15, 0.2) is 0 Å². The molecule has 1 aliphatic rings. The van der Waals surface area contributed by atoms with E-state index >= 15 is 0 Å². The number of aryl methyl sites for hydroxylation is 2. The summed E-state index contributed by atoms with van der Waals surface area (Å²) < 4.78 is 1.68. The van der Waals surface area contributed by atoms with E-state index < -0.39 is 0 Å². The van der Waals surface area contributed by atoms with Crippen molar-refractivity contribution in [1.29, 1.82) is 0 Å². The van der Waals surface area contributed by atoms with Gasteiger partial charge in [0.1, 0.15) is 11.0 Å². The summed E-state index contributed by atoms with van der Waals surface area (Å²) in [5, 5.41) is 5.65. The van der Waals surface area contributed by atoms with Gasteiger partial charge < -0.3 is 4.98 Å². The number of hydrogen-bond acceptors (Lipinski definition) is 4. The standard InChI is InChI=1S/C19H19Cl2N5O/c1-11-14(17(21)25(2)24-11)9-26-8-7-16-15(10-26)19(27)23-18(22-16)12-3-5-13(20)6-4-12/h3-6H,7-10H2,1-2H3,(H,22,23,27). The molecule has 140 valence electrons. The molecule has 1 aromatic carbocycles. The van der Waals surface area contributed by atoms with E-state index in [0.717, 1.165) is 41.0 Å². The molecule has 27 heavy (non-hydrogen) atoms. The summed E-state index contributed by atoms with van der Waals surface area (Å²) >= 11 is 12.3. The molecular formula is C19H19Cl2N5O. The summed E-state index contributed by atoms with van der Waals surface area (Å²) in [5.41, 5.74) is 4.25. The Kier molecular flexibility index (Phi) is 4.80. The monoisotopic (exact) mass is 403 g/mol. The first-order chi connectivity index (χ1) is 12.9. The summed E-state index contributed by atoms with van der Waals surface area (Å²) in [6.07, 6.45) is 0.719. The summed E-state index contributed by atoms with van der Waals surface area (Å²) in [7, 11) is 1.83. The van der Waals surface area contributed by atoms with Crippen LogP contribution in [0.1, 0.15) is 22.5 Å². The number of nitrogens with one attached hydrogen (secondary N) is 1. The second-order valence-corrected chi connectivity index (χ2v) is 7.58. The third-order valence-corrected chi connectivity index (χ3v) is 5.64. The number of aromatic amines is 1. The van der Waals surface area contributed by atoms with Gasteiger partial charge in [-0.1, -0.05) is 23.2 Å². The maximum atomic E-state index is 12.7. The molecule has 0 atom stereocenters. The maximum Gasteiger partial charge on any atom is 0.255 e. The molecule has 0 saturated heterocycles. The van der Waals surface area contributed by atoms with E-state index in [4.69, 9.17) is 23.2 Å². The molecule has 0 unspecified atom stereocenters. The first-order valence-electron chi connectivity index (χ1n) is 8.70.